The molecule has 0 amide bonds. The maximum Gasteiger partial charge on any atom is 0.124 e. The quantitative estimate of drug-likeness (QED) is 0.891. The van der Waals surface area contributed by atoms with E-state index in [9.17, 15) is 0 Å². The fraction of sp³-hybridized carbons (Fsp3) is 0.533. The van der Waals surface area contributed by atoms with Crippen LogP contribution in [0.5, 0.6) is 0 Å². The number of nitrogens with one attached hydrogen (secondary N) is 1. The fourth-order valence-corrected chi connectivity index (χ4v) is 2.51. The highest BCUT2D eigenvalue weighted by molar-refractivity contribution is 6.35. The minimum Gasteiger partial charge on any atom is -0.323 e. The summed E-state index contributed by atoms with van der Waals surface area (Å²) in [6, 6.07) is 6.74. The van der Waals surface area contributed by atoms with Crippen molar-refractivity contribution < 1.29 is 0 Å². The van der Waals surface area contributed by atoms with Gasteiger partial charge < -0.3 is 9.88 Å². The van der Waals surface area contributed by atoms with Gasteiger partial charge in [0.2, 0.25) is 0 Å². The van der Waals surface area contributed by atoms with Crippen molar-refractivity contribution in [1.82, 2.24) is 14.9 Å². The summed E-state index contributed by atoms with van der Waals surface area (Å²) in [7, 11) is 0. The first kappa shape index (κ1) is 14.4. The van der Waals surface area contributed by atoms with E-state index in [4.69, 9.17) is 16.6 Å². The average molecular weight is 280 g/mol. The lowest BCUT2D eigenvalue weighted by Crippen LogP contribution is -2.26. The summed E-state index contributed by atoms with van der Waals surface area (Å²) in [5, 5.41) is 4.27. The van der Waals surface area contributed by atoms with Gasteiger partial charge in [0.1, 0.15) is 5.82 Å². The third kappa shape index (κ3) is 2.93. The standard InChI is InChI=1S/C15H22ClN3/c1-5-11(4)17-9-14-18-13-8-6-7-12(16)15(13)19(14)10(2)3/h6-8,10-11,17H,5,9H2,1-4H3. The summed E-state index contributed by atoms with van der Waals surface area (Å²) in [6.07, 6.45) is 1.11. The van der Waals surface area contributed by atoms with Crippen molar-refractivity contribution in [2.45, 2.75) is 52.7 Å². The Morgan fingerprint density at radius 2 is 2.05 bits per heavy atom. The maximum atomic E-state index is 6.33. The lowest BCUT2D eigenvalue weighted by atomic mass is 10.2. The molecule has 104 valence electrons. The van der Waals surface area contributed by atoms with Crippen LogP contribution in [-0.4, -0.2) is 15.6 Å². The average Bonchev–Trinajstić information content (AvgIpc) is 2.75. The number of para-hydroxylation sites is 1. The first-order chi connectivity index (χ1) is 9.04. The summed E-state index contributed by atoms with van der Waals surface area (Å²) in [5.74, 6) is 1.05. The first-order valence-corrected chi connectivity index (χ1v) is 7.31. The van der Waals surface area contributed by atoms with E-state index in [1.807, 2.05) is 18.2 Å². The maximum absolute atomic E-state index is 6.33. The summed E-state index contributed by atoms with van der Waals surface area (Å²) >= 11 is 6.33. The Kier molecular flexibility index (Phi) is 4.48. The van der Waals surface area contributed by atoms with Crippen LogP contribution in [0.3, 0.4) is 0 Å². The molecular formula is C15H22ClN3. The normalized spacial score (nSPS) is 13.4. The molecule has 0 radical (unpaired) electrons. The van der Waals surface area contributed by atoms with Crippen LogP contribution in [0.25, 0.3) is 11.0 Å². The predicted molar refractivity (Wildman–Crippen MR) is 81.7 cm³/mol. The summed E-state index contributed by atoms with van der Waals surface area (Å²) in [6.45, 7) is 9.47. The molecule has 1 heterocycles. The van der Waals surface area contributed by atoms with Crippen molar-refractivity contribution in [3.8, 4) is 0 Å². The molecule has 0 bridgehead atoms. The fourth-order valence-electron chi connectivity index (χ4n) is 2.25. The molecule has 0 aliphatic heterocycles. The Balaban J connectivity index is 2.43. The smallest absolute Gasteiger partial charge is 0.124 e. The number of halogens is 1. The largest absolute Gasteiger partial charge is 0.323 e. The summed E-state index contributed by atoms with van der Waals surface area (Å²) < 4.78 is 2.23. The third-order valence-corrected chi connectivity index (χ3v) is 3.78. The van der Waals surface area contributed by atoms with Gasteiger partial charge in [-0.1, -0.05) is 24.6 Å². The van der Waals surface area contributed by atoms with Gasteiger partial charge in [0, 0.05) is 12.1 Å². The minimum absolute atomic E-state index is 0.346. The van der Waals surface area contributed by atoms with Crippen molar-refractivity contribution in [2.75, 3.05) is 0 Å². The van der Waals surface area contributed by atoms with Crippen LogP contribution in [0, 0.1) is 0 Å². The number of benzene rings is 1. The van der Waals surface area contributed by atoms with E-state index in [1.54, 1.807) is 0 Å². The number of aromatic nitrogens is 2. The molecule has 0 aliphatic carbocycles. The van der Waals surface area contributed by atoms with Crippen molar-refractivity contribution in [2.24, 2.45) is 0 Å². The molecule has 0 saturated heterocycles. The molecule has 2 rings (SSSR count). The zero-order valence-corrected chi connectivity index (χ0v) is 12.8. The van der Waals surface area contributed by atoms with E-state index in [0.29, 0.717) is 12.1 Å². The highest BCUT2D eigenvalue weighted by atomic mass is 35.5. The number of fused-ring (bicyclic) bond motifs is 1. The zero-order chi connectivity index (χ0) is 14.0. The molecule has 19 heavy (non-hydrogen) atoms. The van der Waals surface area contributed by atoms with E-state index in [-0.39, 0.29) is 0 Å². The van der Waals surface area contributed by atoms with Gasteiger partial charge >= 0.3 is 0 Å². The molecule has 1 N–H and O–H groups in total. The minimum atomic E-state index is 0.346. The Bertz CT molecular complexity index is 560. The molecule has 0 fully saturated rings. The Hall–Kier alpha value is -1.06. The van der Waals surface area contributed by atoms with E-state index >= 15 is 0 Å². The van der Waals surface area contributed by atoms with Gasteiger partial charge in [0.25, 0.3) is 0 Å². The van der Waals surface area contributed by atoms with E-state index in [2.05, 4.69) is 37.6 Å². The Labute approximate surface area is 120 Å². The van der Waals surface area contributed by atoms with Crippen LogP contribution < -0.4 is 5.32 Å². The second-order valence-corrected chi connectivity index (χ2v) is 5.70. The van der Waals surface area contributed by atoms with Crippen molar-refractivity contribution in [1.29, 1.82) is 0 Å². The van der Waals surface area contributed by atoms with Gasteiger partial charge in [-0.2, -0.15) is 0 Å². The van der Waals surface area contributed by atoms with Crippen molar-refractivity contribution in [3.05, 3.63) is 29.0 Å². The highest BCUT2D eigenvalue weighted by Crippen LogP contribution is 2.27. The predicted octanol–water partition coefficient (Wildman–Crippen LogP) is 4.16. The number of rotatable bonds is 5. The summed E-state index contributed by atoms with van der Waals surface area (Å²) in [5.41, 5.74) is 2.02. The Morgan fingerprint density at radius 1 is 1.32 bits per heavy atom. The van der Waals surface area contributed by atoms with Gasteiger partial charge in [-0.3, -0.25) is 0 Å². The van der Waals surface area contributed by atoms with Crippen LogP contribution in [0.1, 0.15) is 46.0 Å². The lowest BCUT2D eigenvalue weighted by molar-refractivity contribution is 0.496. The van der Waals surface area contributed by atoms with E-state index in [1.165, 1.54) is 0 Å². The molecule has 0 spiro atoms. The molecular weight excluding hydrogens is 258 g/mol. The van der Waals surface area contributed by atoms with Gasteiger partial charge in [0.05, 0.1) is 22.6 Å². The van der Waals surface area contributed by atoms with Crippen LogP contribution in [0.15, 0.2) is 18.2 Å². The van der Waals surface area contributed by atoms with Gasteiger partial charge in [-0.25, -0.2) is 4.98 Å². The SMILES string of the molecule is CCC(C)NCc1nc2cccc(Cl)c2n1C(C)C. The molecule has 4 heteroatoms. The first-order valence-electron chi connectivity index (χ1n) is 6.93. The van der Waals surface area contributed by atoms with Crippen molar-refractivity contribution in [3.63, 3.8) is 0 Å². The van der Waals surface area contributed by atoms with Gasteiger partial charge in [-0.15, -0.1) is 0 Å². The molecule has 1 atom stereocenters. The molecule has 3 nitrogen and oxygen atoms in total. The molecule has 1 unspecified atom stereocenters. The third-order valence-electron chi connectivity index (χ3n) is 3.47. The molecule has 0 saturated carbocycles. The van der Waals surface area contributed by atoms with Crippen molar-refractivity contribution >= 4 is 22.6 Å². The van der Waals surface area contributed by atoms with Gasteiger partial charge in [-0.05, 0) is 39.3 Å². The lowest BCUT2D eigenvalue weighted by Gasteiger charge is -2.16. The second-order valence-electron chi connectivity index (χ2n) is 5.29. The number of imidazole rings is 1. The number of nitrogens with zero attached hydrogens (tertiary/aromatic N) is 2. The summed E-state index contributed by atoms with van der Waals surface area (Å²) in [4.78, 5) is 4.72. The van der Waals surface area contributed by atoms with E-state index in [0.717, 1.165) is 34.8 Å². The second kappa shape index (κ2) is 5.93. The highest BCUT2D eigenvalue weighted by Gasteiger charge is 2.15. The van der Waals surface area contributed by atoms with Crippen LogP contribution in [-0.2, 0) is 6.54 Å². The van der Waals surface area contributed by atoms with Crippen LogP contribution in [0.4, 0.5) is 0 Å². The molecule has 1 aromatic carbocycles. The number of hydrogen-bond donors (Lipinski definition) is 1. The molecule has 2 aromatic rings. The number of hydrogen-bond acceptors (Lipinski definition) is 2. The Morgan fingerprint density at radius 3 is 2.68 bits per heavy atom. The monoisotopic (exact) mass is 279 g/mol. The molecule has 0 aliphatic rings. The topological polar surface area (TPSA) is 29.9 Å². The van der Waals surface area contributed by atoms with Crippen LogP contribution in [0.2, 0.25) is 5.02 Å². The van der Waals surface area contributed by atoms with Crippen LogP contribution >= 0.6 is 11.6 Å². The van der Waals surface area contributed by atoms with E-state index < -0.39 is 0 Å². The van der Waals surface area contributed by atoms with Gasteiger partial charge in [0.15, 0.2) is 0 Å². The molecule has 1 aromatic heterocycles. The zero-order valence-electron chi connectivity index (χ0n) is 12.1.